The van der Waals surface area contributed by atoms with E-state index in [-0.39, 0.29) is 12.1 Å². The fraction of sp³-hybridized carbons (Fsp3) is 0.333. The molecule has 2 atom stereocenters. The van der Waals surface area contributed by atoms with E-state index in [1.165, 1.54) is 0 Å². The third kappa shape index (κ3) is 3.80. The summed E-state index contributed by atoms with van der Waals surface area (Å²) in [4.78, 5) is 0.316. The summed E-state index contributed by atoms with van der Waals surface area (Å²) < 4.78 is 28.2. The highest BCUT2D eigenvalue weighted by Crippen LogP contribution is 2.23. The molecule has 0 aromatic heterocycles. The van der Waals surface area contributed by atoms with E-state index in [9.17, 15) is 8.42 Å². The Hall–Kier alpha value is -1.69. The Morgan fingerprint density at radius 3 is 2.52 bits per heavy atom. The minimum absolute atomic E-state index is 0.0610. The lowest BCUT2D eigenvalue weighted by Crippen LogP contribution is -2.51. The lowest BCUT2D eigenvalue weighted by molar-refractivity contribution is 0.349. The summed E-state index contributed by atoms with van der Waals surface area (Å²) in [6.45, 7) is 2.97. The molecule has 2 N–H and O–H groups in total. The van der Waals surface area contributed by atoms with E-state index in [4.69, 9.17) is 0 Å². The Morgan fingerprint density at radius 1 is 1.04 bits per heavy atom. The van der Waals surface area contributed by atoms with Gasteiger partial charge in [0.05, 0.1) is 4.90 Å². The Labute approximate surface area is 138 Å². The van der Waals surface area contributed by atoms with Gasteiger partial charge in [0.1, 0.15) is 0 Å². The zero-order valence-corrected chi connectivity index (χ0v) is 14.0. The maximum Gasteiger partial charge on any atom is 0.240 e. The van der Waals surface area contributed by atoms with E-state index >= 15 is 0 Å². The van der Waals surface area contributed by atoms with E-state index in [0.717, 1.165) is 30.5 Å². The first kappa shape index (κ1) is 16.2. The van der Waals surface area contributed by atoms with Gasteiger partial charge in [-0.1, -0.05) is 42.5 Å². The van der Waals surface area contributed by atoms with Gasteiger partial charge in [-0.3, -0.25) is 0 Å². The Balaban J connectivity index is 1.85. The molecule has 23 heavy (non-hydrogen) atoms. The van der Waals surface area contributed by atoms with Gasteiger partial charge in [0.25, 0.3) is 0 Å². The average Bonchev–Trinajstić information content (AvgIpc) is 2.58. The summed E-state index contributed by atoms with van der Waals surface area (Å²) in [5, 5.41) is 3.32. The van der Waals surface area contributed by atoms with E-state index < -0.39 is 10.0 Å². The van der Waals surface area contributed by atoms with Gasteiger partial charge < -0.3 is 5.32 Å². The number of piperidine rings is 1. The van der Waals surface area contributed by atoms with Crippen LogP contribution in [0.1, 0.15) is 19.8 Å². The van der Waals surface area contributed by atoms with E-state index in [1.807, 2.05) is 43.3 Å². The summed E-state index contributed by atoms with van der Waals surface area (Å²) in [7, 11) is -3.51. The fourth-order valence-corrected chi connectivity index (χ4v) is 4.34. The maximum atomic E-state index is 12.7. The minimum Gasteiger partial charge on any atom is -0.313 e. The zero-order valence-electron chi connectivity index (χ0n) is 13.2. The predicted octanol–water partition coefficient (Wildman–Crippen LogP) is 2.77. The first-order chi connectivity index (χ1) is 11.1. The van der Waals surface area contributed by atoms with Gasteiger partial charge in [-0.05, 0) is 49.6 Å². The first-order valence-corrected chi connectivity index (χ1v) is 9.46. The fourth-order valence-electron chi connectivity index (χ4n) is 2.95. The van der Waals surface area contributed by atoms with Crippen LogP contribution in [0.4, 0.5) is 0 Å². The average molecular weight is 330 g/mol. The predicted molar refractivity (Wildman–Crippen MR) is 92.7 cm³/mol. The second-order valence-corrected chi connectivity index (χ2v) is 7.72. The molecule has 1 heterocycles. The summed E-state index contributed by atoms with van der Waals surface area (Å²) >= 11 is 0. The third-order valence-corrected chi connectivity index (χ3v) is 5.81. The number of benzene rings is 2. The molecule has 3 rings (SSSR count). The van der Waals surface area contributed by atoms with Crippen molar-refractivity contribution in [1.29, 1.82) is 0 Å². The van der Waals surface area contributed by atoms with Crippen LogP contribution in [0.15, 0.2) is 59.5 Å². The van der Waals surface area contributed by atoms with E-state index in [2.05, 4.69) is 10.0 Å². The summed E-state index contributed by atoms with van der Waals surface area (Å²) in [5.74, 6) is 0. The Morgan fingerprint density at radius 2 is 1.78 bits per heavy atom. The quantitative estimate of drug-likeness (QED) is 0.906. The van der Waals surface area contributed by atoms with Gasteiger partial charge in [0.2, 0.25) is 10.0 Å². The number of sulfonamides is 1. The van der Waals surface area contributed by atoms with Crippen molar-refractivity contribution in [2.45, 2.75) is 36.7 Å². The molecule has 2 aromatic rings. The van der Waals surface area contributed by atoms with Crippen molar-refractivity contribution in [2.75, 3.05) is 6.54 Å². The van der Waals surface area contributed by atoms with Gasteiger partial charge >= 0.3 is 0 Å². The van der Waals surface area contributed by atoms with Gasteiger partial charge in [-0.15, -0.1) is 0 Å². The lowest BCUT2D eigenvalue weighted by atomic mass is 10.0. The smallest absolute Gasteiger partial charge is 0.240 e. The second-order valence-electron chi connectivity index (χ2n) is 6.01. The van der Waals surface area contributed by atoms with Crippen LogP contribution in [0.25, 0.3) is 11.1 Å². The normalized spacial score (nSPS) is 22.0. The van der Waals surface area contributed by atoms with Crippen molar-refractivity contribution in [2.24, 2.45) is 0 Å². The maximum absolute atomic E-state index is 12.7. The van der Waals surface area contributed by atoms with Crippen molar-refractivity contribution in [3.63, 3.8) is 0 Å². The number of hydrogen-bond acceptors (Lipinski definition) is 3. The number of nitrogens with one attached hydrogen (secondary N) is 2. The Bertz CT molecular complexity index is 760. The number of hydrogen-bond donors (Lipinski definition) is 2. The molecule has 2 aromatic carbocycles. The largest absolute Gasteiger partial charge is 0.313 e. The Kier molecular flexibility index (Phi) is 4.80. The molecule has 0 aliphatic carbocycles. The highest BCUT2D eigenvalue weighted by atomic mass is 32.2. The molecule has 1 saturated heterocycles. The van der Waals surface area contributed by atoms with Gasteiger partial charge in [-0.25, -0.2) is 13.1 Å². The van der Waals surface area contributed by atoms with Crippen LogP contribution < -0.4 is 10.0 Å². The van der Waals surface area contributed by atoms with Gasteiger partial charge in [-0.2, -0.15) is 0 Å². The molecule has 0 spiro atoms. The molecule has 4 nitrogen and oxygen atoms in total. The first-order valence-electron chi connectivity index (χ1n) is 7.97. The highest BCUT2D eigenvalue weighted by Gasteiger charge is 2.26. The van der Waals surface area contributed by atoms with Crippen LogP contribution in [0.2, 0.25) is 0 Å². The monoisotopic (exact) mass is 330 g/mol. The van der Waals surface area contributed by atoms with Crippen LogP contribution in [0, 0.1) is 0 Å². The molecule has 1 aliphatic heterocycles. The highest BCUT2D eigenvalue weighted by molar-refractivity contribution is 7.89. The molecule has 0 saturated carbocycles. The number of rotatable bonds is 4. The van der Waals surface area contributed by atoms with Crippen molar-refractivity contribution >= 4 is 10.0 Å². The molecule has 0 bridgehead atoms. The second kappa shape index (κ2) is 6.83. The molecule has 2 unspecified atom stereocenters. The third-order valence-electron chi connectivity index (χ3n) is 4.32. The minimum atomic E-state index is -3.51. The van der Waals surface area contributed by atoms with E-state index in [1.54, 1.807) is 18.2 Å². The van der Waals surface area contributed by atoms with Gasteiger partial charge in [0.15, 0.2) is 0 Å². The van der Waals surface area contributed by atoms with E-state index in [0.29, 0.717) is 4.90 Å². The van der Waals surface area contributed by atoms with Crippen LogP contribution in [-0.2, 0) is 10.0 Å². The molecular formula is C18H22N2O2S. The summed E-state index contributed by atoms with van der Waals surface area (Å²) in [5.41, 5.74) is 1.92. The van der Waals surface area contributed by atoms with Crippen LogP contribution in [0.5, 0.6) is 0 Å². The molecule has 122 valence electrons. The SMILES string of the molecule is CC1NCCCC1NS(=O)(=O)c1cccc(-c2ccccc2)c1. The van der Waals surface area contributed by atoms with Crippen LogP contribution in [0.3, 0.4) is 0 Å². The molecule has 1 aliphatic rings. The molecular weight excluding hydrogens is 308 g/mol. The zero-order chi connectivity index (χ0) is 16.3. The van der Waals surface area contributed by atoms with Crippen molar-refractivity contribution in [3.05, 3.63) is 54.6 Å². The summed E-state index contributed by atoms with van der Waals surface area (Å²) in [6.07, 6.45) is 1.85. The lowest BCUT2D eigenvalue weighted by Gasteiger charge is -2.30. The molecule has 1 fully saturated rings. The molecule has 0 amide bonds. The van der Waals surface area contributed by atoms with Crippen LogP contribution in [-0.4, -0.2) is 27.0 Å². The molecule has 0 radical (unpaired) electrons. The van der Waals surface area contributed by atoms with Gasteiger partial charge in [0, 0.05) is 12.1 Å². The topological polar surface area (TPSA) is 58.2 Å². The van der Waals surface area contributed by atoms with Crippen molar-refractivity contribution < 1.29 is 8.42 Å². The van der Waals surface area contributed by atoms with Crippen molar-refractivity contribution in [3.8, 4) is 11.1 Å². The van der Waals surface area contributed by atoms with Crippen LogP contribution >= 0.6 is 0 Å². The van der Waals surface area contributed by atoms with Crippen molar-refractivity contribution in [1.82, 2.24) is 10.0 Å². The molecule has 5 heteroatoms. The summed E-state index contributed by atoms with van der Waals surface area (Å²) in [6, 6.07) is 17.0. The standard InChI is InChI=1S/C18H22N2O2S/c1-14-18(11-6-12-19-14)20-23(21,22)17-10-5-9-16(13-17)15-7-3-2-4-8-15/h2-5,7-10,13-14,18-20H,6,11-12H2,1H3.